The van der Waals surface area contributed by atoms with Gasteiger partial charge in [-0.2, -0.15) is 0 Å². The Hall–Kier alpha value is -4.46. The molecule has 8 nitrogen and oxygen atoms in total. The van der Waals surface area contributed by atoms with Crippen LogP contribution < -0.4 is 5.56 Å². The molecule has 2 aromatic carbocycles. The molecule has 0 N–H and O–H groups in total. The average molecular weight is 480 g/mol. The van der Waals surface area contributed by atoms with E-state index in [-0.39, 0.29) is 17.4 Å². The zero-order valence-corrected chi connectivity index (χ0v) is 20.1. The number of rotatable bonds is 4. The Morgan fingerprint density at radius 2 is 1.75 bits per heavy atom. The lowest BCUT2D eigenvalue weighted by molar-refractivity contribution is 0.0686. The van der Waals surface area contributed by atoms with Gasteiger partial charge in [-0.1, -0.05) is 24.3 Å². The summed E-state index contributed by atoms with van der Waals surface area (Å²) in [5.41, 5.74) is 6.40. The highest BCUT2D eigenvalue weighted by Crippen LogP contribution is 2.29. The fourth-order valence-corrected chi connectivity index (χ4v) is 5.08. The minimum Gasteiger partial charge on any atom is -0.337 e. The Labute approximate surface area is 208 Å². The predicted octanol–water partition coefficient (Wildman–Crippen LogP) is 3.25. The molecule has 0 unspecified atom stereocenters. The molecule has 4 heterocycles. The van der Waals surface area contributed by atoms with Crippen LogP contribution in [-0.2, 0) is 19.6 Å². The van der Waals surface area contributed by atoms with Crippen molar-refractivity contribution >= 4 is 11.8 Å². The van der Waals surface area contributed by atoms with Crippen LogP contribution in [0.15, 0.2) is 71.9 Å². The first-order chi connectivity index (χ1) is 17.4. The molecule has 0 fully saturated rings. The number of hydrogen-bond acceptors (Lipinski definition) is 4. The first-order valence-corrected chi connectivity index (χ1v) is 11.9. The van der Waals surface area contributed by atoms with Gasteiger partial charge in [-0.3, -0.25) is 14.4 Å². The molecule has 180 valence electrons. The van der Waals surface area contributed by atoms with Crippen molar-refractivity contribution < 1.29 is 9.59 Å². The minimum absolute atomic E-state index is 0.0561. The summed E-state index contributed by atoms with van der Waals surface area (Å²) < 4.78 is 3.25. The number of carbonyl (C=O) groups is 2. The van der Waals surface area contributed by atoms with E-state index in [0.29, 0.717) is 37.6 Å². The molecule has 2 aromatic heterocycles. The number of amides is 2. The van der Waals surface area contributed by atoms with E-state index in [9.17, 15) is 14.4 Å². The molecule has 0 atom stereocenters. The van der Waals surface area contributed by atoms with E-state index in [4.69, 9.17) is 0 Å². The molecular weight excluding hydrogens is 454 g/mol. The van der Waals surface area contributed by atoms with Gasteiger partial charge in [0.15, 0.2) is 0 Å². The highest BCUT2D eigenvalue weighted by Gasteiger charge is 2.27. The van der Waals surface area contributed by atoms with Crippen molar-refractivity contribution in [3.63, 3.8) is 0 Å². The normalized spacial score (nSPS) is 14.8. The molecule has 0 radical (unpaired) electrons. The lowest BCUT2D eigenvalue weighted by Crippen LogP contribution is -2.44. The van der Waals surface area contributed by atoms with E-state index in [1.165, 1.54) is 0 Å². The molecule has 2 amide bonds. The van der Waals surface area contributed by atoms with Crippen LogP contribution in [0.25, 0.3) is 16.8 Å². The van der Waals surface area contributed by atoms with Gasteiger partial charge in [0.05, 0.1) is 12.0 Å². The number of benzene rings is 2. The Morgan fingerprint density at radius 3 is 2.56 bits per heavy atom. The number of nitrogens with zero attached hydrogens (tertiary/aromatic N) is 5. The van der Waals surface area contributed by atoms with Gasteiger partial charge in [0.2, 0.25) is 0 Å². The van der Waals surface area contributed by atoms with Gasteiger partial charge >= 0.3 is 0 Å². The summed E-state index contributed by atoms with van der Waals surface area (Å²) in [4.78, 5) is 46.3. The fraction of sp³-hybridized carbons (Fsp3) is 0.214. The van der Waals surface area contributed by atoms with Crippen molar-refractivity contribution in [3.8, 4) is 16.8 Å². The van der Waals surface area contributed by atoms with Crippen molar-refractivity contribution in [3.05, 3.63) is 106 Å². The zero-order valence-electron chi connectivity index (χ0n) is 20.1. The van der Waals surface area contributed by atoms with E-state index in [0.717, 1.165) is 33.5 Å². The zero-order chi connectivity index (χ0) is 25.0. The van der Waals surface area contributed by atoms with E-state index < -0.39 is 0 Å². The molecule has 0 saturated heterocycles. The fourth-order valence-electron chi connectivity index (χ4n) is 5.08. The van der Waals surface area contributed by atoms with Crippen molar-refractivity contribution in [1.29, 1.82) is 0 Å². The third kappa shape index (κ3) is 3.62. The molecule has 0 aliphatic carbocycles. The molecule has 2 aliphatic rings. The average Bonchev–Trinajstić information content (AvgIpc) is 3.43. The SMILES string of the molecule is Cc1cn(-c2ccc3n(c2=O)CCN(Cc2cccc(-c4ccc5c(c4)CN(C)C5=O)c2)C3=O)cn1. The second kappa shape index (κ2) is 8.34. The third-order valence-corrected chi connectivity index (χ3v) is 6.97. The molecule has 0 spiro atoms. The van der Waals surface area contributed by atoms with Crippen molar-refractivity contribution in [2.45, 2.75) is 26.6 Å². The van der Waals surface area contributed by atoms with Crippen LogP contribution in [0.4, 0.5) is 0 Å². The minimum atomic E-state index is -0.194. The van der Waals surface area contributed by atoms with E-state index in [2.05, 4.69) is 17.1 Å². The lowest BCUT2D eigenvalue weighted by Gasteiger charge is -2.30. The first-order valence-electron chi connectivity index (χ1n) is 11.9. The van der Waals surface area contributed by atoms with Gasteiger partial charge in [-0.25, -0.2) is 4.98 Å². The van der Waals surface area contributed by atoms with Crippen LogP contribution in [0.1, 0.15) is 37.7 Å². The summed E-state index contributed by atoms with van der Waals surface area (Å²) in [5, 5.41) is 0. The lowest BCUT2D eigenvalue weighted by atomic mass is 9.99. The Kier molecular flexibility index (Phi) is 5.10. The maximum Gasteiger partial charge on any atom is 0.275 e. The van der Waals surface area contributed by atoms with Crippen LogP contribution in [0.2, 0.25) is 0 Å². The summed E-state index contributed by atoms with van der Waals surface area (Å²) in [6, 6.07) is 17.5. The van der Waals surface area contributed by atoms with Crippen molar-refractivity contribution in [1.82, 2.24) is 23.9 Å². The quantitative estimate of drug-likeness (QED) is 0.450. The van der Waals surface area contributed by atoms with Crippen molar-refractivity contribution in [2.24, 2.45) is 0 Å². The standard InChI is InChI=1S/C28H25N5O3/c1-18-14-32(17-29-18)24-8-9-25-27(35)31(10-11-33(25)28(24)36)15-19-4-3-5-20(12-19)21-6-7-23-22(13-21)16-30(2)26(23)34/h3-9,12-14,17H,10-11,15-16H2,1-2H3. The molecule has 0 saturated carbocycles. The second-order valence-electron chi connectivity index (χ2n) is 9.44. The number of hydrogen-bond donors (Lipinski definition) is 0. The molecule has 0 bridgehead atoms. The first kappa shape index (κ1) is 22.0. The van der Waals surface area contributed by atoms with Gasteiger partial charge in [-0.15, -0.1) is 0 Å². The summed E-state index contributed by atoms with van der Waals surface area (Å²) in [7, 11) is 1.81. The molecule has 2 aliphatic heterocycles. The van der Waals surface area contributed by atoms with E-state index in [1.54, 1.807) is 43.6 Å². The Bertz CT molecular complexity index is 1600. The molecule has 36 heavy (non-hydrogen) atoms. The Morgan fingerprint density at radius 1 is 0.917 bits per heavy atom. The highest BCUT2D eigenvalue weighted by atomic mass is 16.2. The number of aromatic nitrogens is 3. The van der Waals surface area contributed by atoms with Gasteiger partial charge in [0.25, 0.3) is 17.4 Å². The number of fused-ring (bicyclic) bond motifs is 2. The third-order valence-electron chi connectivity index (χ3n) is 6.97. The van der Waals surface area contributed by atoms with Gasteiger partial charge < -0.3 is 18.9 Å². The predicted molar refractivity (Wildman–Crippen MR) is 135 cm³/mol. The molecular formula is C28H25N5O3. The van der Waals surface area contributed by atoms with Gasteiger partial charge in [0.1, 0.15) is 11.4 Å². The van der Waals surface area contributed by atoms with Crippen molar-refractivity contribution in [2.75, 3.05) is 13.6 Å². The smallest absolute Gasteiger partial charge is 0.275 e. The van der Waals surface area contributed by atoms with E-state index in [1.807, 2.05) is 44.3 Å². The molecule has 6 rings (SSSR count). The maximum atomic E-state index is 13.3. The van der Waals surface area contributed by atoms with E-state index >= 15 is 0 Å². The van der Waals surface area contributed by atoms with Crippen LogP contribution in [-0.4, -0.2) is 49.3 Å². The summed E-state index contributed by atoms with van der Waals surface area (Å²) in [6.45, 7) is 3.83. The number of imidazole rings is 1. The summed E-state index contributed by atoms with van der Waals surface area (Å²) in [5.74, 6) is -0.100. The van der Waals surface area contributed by atoms with Crippen LogP contribution in [0.5, 0.6) is 0 Å². The van der Waals surface area contributed by atoms with Gasteiger partial charge in [0, 0.05) is 45.0 Å². The van der Waals surface area contributed by atoms with Gasteiger partial charge in [-0.05, 0) is 59.5 Å². The topological polar surface area (TPSA) is 80.4 Å². The number of aryl methyl sites for hydroxylation is 1. The number of carbonyl (C=O) groups excluding carboxylic acids is 2. The van der Waals surface area contributed by atoms with Crippen LogP contribution >= 0.6 is 0 Å². The highest BCUT2D eigenvalue weighted by molar-refractivity contribution is 5.98. The monoisotopic (exact) mass is 479 g/mol. The van der Waals surface area contributed by atoms with Crippen LogP contribution in [0, 0.1) is 6.92 Å². The molecule has 4 aromatic rings. The summed E-state index contributed by atoms with van der Waals surface area (Å²) in [6.07, 6.45) is 3.41. The second-order valence-corrected chi connectivity index (χ2v) is 9.44. The maximum absolute atomic E-state index is 13.3. The Balaban J connectivity index is 1.24. The summed E-state index contributed by atoms with van der Waals surface area (Å²) >= 11 is 0. The largest absolute Gasteiger partial charge is 0.337 e. The number of pyridine rings is 1. The molecule has 8 heteroatoms. The van der Waals surface area contributed by atoms with Crippen LogP contribution in [0.3, 0.4) is 0 Å².